The number of carbonyl (C=O) groups is 1. The predicted molar refractivity (Wildman–Crippen MR) is 73.3 cm³/mol. The molecular weight excluding hydrogens is 224 g/mol. The molecular formula is C15H20N2O. The molecule has 1 amide bonds. The first kappa shape index (κ1) is 12.8. The Balaban J connectivity index is 1.91. The van der Waals surface area contributed by atoms with E-state index in [2.05, 4.69) is 41.5 Å². The number of hydrogen-bond donors (Lipinski definition) is 2. The molecule has 0 saturated carbocycles. The second kappa shape index (κ2) is 6.36. The van der Waals surface area contributed by atoms with E-state index in [1.165, 1.54) is 11.1 Å². The Hall–Kier alpha value is -1.61. The lowest BCUT2D eigenvalue weighted by Gasteiger charge is -2.27. The van der Waals surface area contributed by atoms with Crippen molar-refractivity contribution in [3.8, 4) is 0 Å². The molecule has 1 atom stereocenters. The van der Waals surface area contributed by atoms with Crippen molar-refractivity contribution in [1.82, 2.24) is 10.6 Å². The van der Waals surface area contributed by atoms with Crippen LogP contribution in [-0.2, 0) is 11.2 Å². The summed E-state index contributed by atoms with van der Waals surface area (Å²) in [5.41, 5.74) is 2.70. The number of carbonyl (C=O) groups excluding carboxylic acids is 1. The van der Waals surface area contributed by atoms with E-state index >= 15 is 0 Å². The topological polar surface area (TPSA) is 41.1 Å². The van der Waals surface area contributed by atoms with Crippen molar-refractivity contribution in [2.75, 3.05) is 13.1 Å². The highest BCUT2D eigenvalue weighted by Gasteiger charge is 2.19. The average molecular weight is 244 g/mol. The van der Waals surface area contributed by atoms with Crippen molar-refractivity contribution >= 4 is 5.91 Å². The van der Waals surface area contributed by atoms with Crippen LogP contribution >= 0.6 is 0 Å². The van der Waals surface area contributed by atoms with Crippen molar-refractivity contribution in [2.24, 2.45) is 0 Å². The Kier molecular flexibility index (Phi) is 4.53. The highest BCUT2D eigenvalue weighted by Crippen LogP contribution is 2.21. The zero-order valence-electron chi connectivity index (χ0n) is 10.6. The summed E-state index contributed by atoms with van der Waals surface area (Å²) in [6.07, 6.45) is 4.10. The van der Waals surface area contributed by atoms with Crippen molar-refractivity contribution in [3.63, 3.8) is 0 Å². The number of nitrogens with one attached hydrogen (secondary N) is 2. The molecule has 1 unspecified atom stereocenters. The summed E-state index contributed by atoms with van der Waals surface area (Å²) in [6, 6.07) is 8.68. The minimum Gasteiger partial charge on any atom is -0.354 e. The first-order valence-electron chi connectivity index (χ1n) is 6.50. The number of benzene rings is 1. The van der Waals surface area contributed by atoms with Gasteiger partial charge in [0.25, 0.3) is 0 Å². The molecule has 1 aliphatic heterocycles. The molecule has 2 N–H and O–H groups in total. The maximum Gasteiger partial charge on any atom is 0.220 e. The third kappa shape index (κ3) is 3.20. The first-order chi connectivity index (χ1) is 8.81. The van der Waals surface area contributed by atoms with Gasteiger partial charge in [0, 0.05) is 19.0 Å². The van der Waals surface area contributed by atoms with Gasteiger partial charge in [0.2, 0.25) is 5.91 Å². The lowest BCUT2D eigenvalue weighted by atomic mass is 9.94. The van der Waals surface area contributed by atoms with Crippen molar-refractivity contribution < 1.29 is 4.79 Å². The van der Waals surface area contributed by atoms with Gasteiger partial charge in [-0.3, -0.25) is 4.79 Å². The smallest absolute Gasteiger partial charge is 0.220 e. The zero-order valence-corrected chi connectivity index (χ0v) is 10.6. The van der Waals surface area contributed by atoms with Gasteiger partial charge in [-0.15, -0.1) is 6.58 Å². The van der Waals surface area contributed by atoms with Crippen LogP contribution in [0.4, 0.5) is 0 Å². The fourth-order valence-electron chi connectivity index (χ4n) is 2.31. The number of fused-ring (bicyclic) bond motifs is 1. The molecule has 3 heteroatoms. The molecule has 1 aromatic carbocycles. The van der Waals surface area contributed by atoms with Crippen LogP contribution in [0.1, 0.15) is 30.0 Å². The predicted octanol–water partition coefficient (Wildman–Crippen LogP) is 1.96. The SMILES string of the molecule is C=CCCC(=O)NCC1NCCc2ccccc21. The van der Waals surface area contributed by atoms with Crippen LogP contribution in [-0.4, -0.2) is 19.0 Å². The molecule has 1 aromatic rings. The summed E-state index contributed by atoms with van der Waals surface area (Å²) in [7, 11) is 0. The zero-order chi connectivity index (χ0) is 12.8. The number of rotatable bonds is 5. The lowest BCUT2D eigenvalue weighted by molar-refractivity contribution is -0.121. The summed E-state index contributed by atoms with van der Waals surface area (Å²) in [4.78, 5) is 11.6. The maximum atomic E-state index is 11.6. The average Bonchev–Trinajstić information content (AvgIpc) is 2.42. The van der Waals surface area contributed by atoms with Crippen LogP contribution in [0.5, 0.6) is 0 Å². The van der Waals surface area contributed by atoms with Crippen LogP contribution in [0.25, 0.3) is 0 Å². The molecule has 0 spiro atoms. The van der Waals surface area contributed by atoms with Crippen LogP contribution in [0.2, 0.25) is 0 Å². The highest BCUT2D eigenvalue weighted by atomic mass is 16.1. The van der Waals surface area contributed by atoms with Crippen molar-refractivity contribution in [3.05, 3.63) is 48.0 Å². The highest BCUT2D eigenvalue weighted by molar-refractivity contribution is 5.76. The first-order valence-corrected chi connectivity index (χ1v) is 6.50. The van der Waals surface area contributed by atoms with E-state index in [1.54, 1.807) is 6.08 Å². The normalized spacial score (nSPS) is 17.9. The second-order valence-corrected chi connectivity index (χ2v) is 4.59. The Morgan fingerprint density at radius 3 is 3.17 bits per heavy atom. The van der Waals surface area contributed by atoms with Crippen LogP contribution in [0.3, 0.4) is 0 Å². The molecule has 0 radical (unpaired) electrons. The van der Waals surface area contributed by atoms with E-state index in [0.717, 1.165) is 19.4 Å². The van der Waals surface area contributed by atoms with Gasteiger partial charge in [0.05, 0.1) is 0 Å². The quantitative estimate of drug-likeness (QED) is 0.777. The van der Waals surface area contributed by atoms with E-state index in [0.29, 0.717) is 13.0 Å². The Labute approximate surface area is 108 Å². The lowest BCUT2D eigenvalue weighted by Crippen LogP contribution is -2.38. The van der Waals surface area contributed by atoms with Gasteiger partial charge in [0.1, 0.15) is 0 Å². The molecule has 1 heterocycles. The summed E-state index contributed by atoms with van der Waals surface area (Å²) in [5, 5.41) is 6.43. The molecule has 0 bridgehead atoms. The van der Waals surface area contributed by atoms with Crippen molar-refractivity contribution in [2.45, 2.75) is 25.3 Å². The molecule has 96 valence electrons. The summed E-state index contributed by atoms with van der Waals surface area (Å²) >= 11 is 0. The summed E-state index contributed by atoms with van der Waals surface area (Å²) < 4.78 is 0. The van der Waals surface area contributed by atoms with Gasteiger partial charge in [-0.2, -0.15) is 0 Å². The second-order valence-electron chi connectivity index (χ2n) is 4.59. The Bertz CT molecular complexity index is 428. The van der Waals surface area contributed by atoms with E-state index < -0.39 is 0 Å². The Morgan fingerprint density at radius 1 is 1.50 bits per heavy atom. The maximum absolute atomic E-state index is 11.6. The standard InChI is InChI=1S/C15H20N2O/c1-2-3-8-15(18)17-11-14-13-7-5-4-6-12(13)9-10-16-14/h2,4-7,14,16H,1,3,8-11H2,(H,17,18). The van der Waals surface area contributed by atoms with Gasteiger partial charge in [-0.05, 0) is 30.5 Å². The van der Waals surface area contributed by atoms with E-state index in [1.807, 2.05) is 0 Å². The third-order valence-corrected chi connectivity index (χ3v) is 3.29. The largest absolute Gasteiger partial charge is 0.354 e. The van der Waals surface area contributed by atoms with Gasteiger partial charge in [0.15, 0.2) is 0 Å². The van der Waals surface area contributed by atoms with Crippen LogP contribution in [0.15, 0.2) is 36.9 Å². The molecule has 0 fully saturated rings. The number of allylic oxidation sites excluding steroid dienone is 1. The minimum atomic E-state index is 0.0970. The summed E-state index contributed by atoms with van der Waals surface area (Å²) in [6.45, 7) is 5.26. The molecule has 3 nitrogen and oxygen atoms in total. The molecule has 0 aliphatic carbocycles. The third-order valence-electron chi connectivity index (χ3n) is 3.29. The number of hydrogen-bond acceptors (Lipinski definition) is 2. The van der Waals surface area contributed by atoms with Gasteiger partial charge < -0.3 is 10.6 Å². The molecule has 0 aromatic heterocycles. The molecule has 1 aliphatic rings. The fraction of sp³-hybridized carbons (Fsp3) is 0.400. The van der Waals surface area contributed by atoms with Crippen LogP contribution < -0.4 is 10.6 Å². The van der Waals surface area contributed by atoms with Crippen LogP contribution in [0, 0.1) is 0 Å². The van der Waals surface area contributed by atoms with E-state index in [9.17, 15) is 4.79 Å². The molecule has 2 rings (SSSR count). The van der Waals surface area contributed by atoms with E-state index in [-0.39, 0.29) is 11.9 Å². The van der Waals surface area contributed by atoms with E-state index in [4.69, 9.17) is 0 Å². The number of amides is 1. The monoisotopic (exact) mass is 244 g/mol. The minimum absolute atomic E-state index is 0.0970. The molecule has 18 heavy (non-hydrogen) atoms. The fourth-order valence-corrected chi connectivity index (χ4v) is 2.31. The van der Waals surface area contributed by atoms with Gasteiger partial charge in [-0.1, -0.05) is 30.3 Å². The van der Waals surface area contributed by atoms with Gasteiger partial charge in [-0.25, -0.2) is 0 Å². The Morgan fingerprint density at radius 2 is 2.33 bits per heavy atom. The van der Waals surface area contributed by atoms with Crippen molar-refractivity contribution in [1.29, 1.82) is 0 Å². The van der Waals surface area contributed by atoms with Gasteiger partial charge >= 0.3 is 0 Å². The summed E-state index contributed by atoms with van der Waals surface area (Å²) in [5.74, 6) is 0.0970. The molecule has 0 saturated heterocycles.